The molecule has 3 saturated carbocycles. The first-order valence-electron chi connectivity index (χ1n) is 13.6. The second-order valence-corrected chi connectivity index (χ2v) is 13.4. The van der Waals surface area contributed by atoms with Crippen LogP contribution >= 0.6 is 0 Å². The minimum atomic E-state index is -3.83. The Morgan fingerprint density at radius 1 is 1.09 bits per heavy atom. The van der Waals surface area contributed by atoms with Gasteiger partial charge in [-0.15, -0.1) is 0 Å². The average molecular weight is 497 g/mol. The Kier molecular flexibility index (Phi) is 6.86. The van der Waals surface area contributed by atoms with E-state index in [9.17, 15) is 13.2 Å². The highest BCUT2D eigenvalue weighted by Crippen LogP contribution is 2.64. The van der Waals surface area contributed by atoms with Crippen LogP contribution in [0.15, 0.2) is 53.0 Å². The molecule has 0 radical (unpaired) electrons. The number of ketones is 1. The van der Waals surface area contributed by atoms with Crippen LogP contribution < -0.4 is 0 Å². The third kappa shape index (κ3) is 4.59. The van der Waals surface area contributed by atoms with Gasteiger partial charge in [-0.3, -0.25) is 8.98 Å². The van der Waals surface area contributed by atoms with Crippen LogP contribution in [0.4, 0.5) is 0 Å². The van der Waals surface area contributed by atoms with Gasteiger partial charge in [-0.1, -0.05) is 49.3 Å². The second kappa shape index (κ2) is 9.63. The number of allylic oxidation sites excluding steroid dienone is 2. The van der Waals surface area contributed by atoms with Gasteiger partial charge in [0.05, 0.1) is 11.5 Å². The Balaban J connectivity index is 1.40. The van der Waals surface area contributed by atoms with Crippen molar-refractivity contribution < 1.29 is 17.4 Å². The molecule has 35 heavy (non-hydrogen) atoms. The van der Waals surface area contributed by atoms with Crippen molar-refractivity contribution in [3.8, 4) is 0 Å². The molecule has 5 heteroatoms. The summed E-state index contributed by atoms with van der Waals surface area (Å²) in [5.74, 6) is 3.10. The monoisotopic (exact) mass is 496 g/mol. The summed E-state index contributed by atoms with van der Waals surface area (Å²) >= 11 is 0. The van der Waals surface area contributed by atoms with E-state index in [4.69, 9.17) is 4.18 Å². The third-order valence-electron chi connectivity index (χ3n) is 9.91. The lowest BCUT2D eigenvalue weighted by Gasteiger charge is -2.55. The summed E-state index contributed by atoms with van der Waals surface area (Å²) in [5, 5.41) is 0. The molecule has 0 aliphatic heterocycles. The van der Waals surface area contributed by atoms with E-state index in [0.29, 0.717) is 41.4 Å². The fourth-order valence-electron chi connectivity index (χ4n) is 8.10. The minimum Gasteiger partial charge on any atom is -0.295 e. The van der Waals surface area contributed by atoms with Gasteiger partial charge in [-0.05, 0) is 105 Å². The van der Waals surface area contributed by atoms with Gasteiger partial charge in [-0.25, -0.2) is 0 Å². The maximum absolute atomic E-state index is 13.0. The zero-order valence-electron chi connectivity index (χ0n) is 21.4. The fraction of sp³-hybridized carbons (Fsp3) is 0.633. The van der Waals surface area contributed by atoms with E-state index in [0.717, 1.165) is 24.8 Å². The number of benzene rings is 1. The maximum atomic E-state index is 13.0. The van der Waals surface area contributed by atoms with Crippen LogP contribution in [0.3, 0.4) is 0 Å². The average Bonchev–Trinajstić information content (AvgIpc) is 3.17. The van der Waals surface area contributed by atoms with Crippen molar-refractivity contribution in [1.82, 2.24) is 0 Å². The number of fused-ring (bicyclic) bond motifs is 5. The van der Waals surface area contributed by atoms with Gasteiger partial charge < -0.3 is 0 Å². The van der Waals surface area contributed by atoms with Crippen LogP contribution in [-0.2, 0) is 19.1 Å². The van der Waals surface area contributed by atoms with Crippen molar-refractivity contribution >= 4 is 15.9 Å². The molecule has 4 nitrogen and oxygen atoms in total. The predicted molar refractivity (Wildman–Crippen MR) is 138 cm³/mol. The van der Waals surface area contributed by atoms with E-state index in [-0.39, 0.29) is 23.2 Å². The molecule has 0 amide bonds. The molecular formula is C30H40O4S. The summed E-state index contributed by atoms with van der Waals surface area (Å²) in [5.41, 5.74) is 2.52. The van der Waals surface area contributed by atoms with E-state index >= 15 is 0 Å². The van der Waals surface area contributed by atoms with Crippen molar-refractivity contribution in [2.45, 2.75) is 77.0 Å². The van der Waals surface area contributed by atoms with Crippen LogP contribution in [0.1, 0.15) is 70.8 Å². The highest BCUT2D eigenvalue weighted by molar-refractivity contribution is 7.86. The summed E-state index contributed by atoms with van der Waals surface area (Å²) in [4.78, 5) is 12.6. The van der Waals surface area contributed by atoms with E-state index in [2.05, 4.69) is 26.0 Å². The van der Waals surface area contributed by atoms with Gasteiger partial charge in [0.1, 0.15) is 0 Å². The number of hydrogen-bond donors (Lipinski definition) is 0. The number of carbonyl (C=O) groups is 1. The summed E-state index contributed by atoms with van der Waals surface area (Å²) in [6.45, 7) is 6.79. The summed E-state index contributed by atoms with van der Waals surface area (Å²) < 4.78 is 31.6. The van der Waals surface area contributed by atoms with Crippen molar-refractivity contribution in [1.29, 1.82) is 0 Å². The summed E-state index contributed by atoms with van der Waals surface area (Å²) in [6, 6.07) is 6.82. The Morgan fingerprint density at radius 3 is 2.60 bits per heavy atom. The van der Waals surface area contributed by atoms with Gasteiger partial charge in [0, 0.05) is 12.3 Å². The van der Waals surface area contributed by atoms with Gasteiger partial charge in [0.15, 0.2) is 5.78 Å². The molecule has 3 fully saturated rings. The Morgan fingerprint density at radius 2 is 1.86 bits per heavy atom. The number of hydrogen-bond acceptors (Lipinski definition) is 4. The molecule has 7 atom stereocenters. The lowest BCUT2D eigenvalue weighted by Crippen LogP contribution is -2.48. The highest BCUT2D eigenvalue weighted by Gasteiger charge is 2.57. The summed E-state index contributed by atoms with van der Waals surface area (Å²) in [7, 11) is -3.83. The number of carbonyl (C=O) groups excluding carboxylic acids is 1. The standard InChI is InChI=1S/C30H40O4S/c1-4-5-6-22-9-14-29-28-17-21(19-34-35(32,33)24-11-7-20(2)8-12-24)27-18-23(31)10-13-25(27)26(28)15-16-30(22,29)3/h5-8,11-12,18,21-22,25-26,28-29H,4,9-10,13-17,19H2,1-3H3/b6-5-/t21-,22+,25?,26?,28?,29?,30?/m0/s1. The molecule has 5 rings (SSSR count). The van der Waals surface area contributed by atoms with Gasteiger partial charge >= 0.3 is 0 Å². The van der Waals surface area contributed by atoms with E-state index in [1.807, 2.05) is 13.0 Å². The van der Waals surface area contributed by atoms with Crippen LogP contribution in [0.25, 0.3) is 0 Å². The van der Waals surface area contributed by atoms with Crippen LogP contribution in [0.5, 0.6) is 0 Å². The SMILES string of the molecule is CC/C=C\[C@@H]1CCC2C3C[C@@H](COS(=O)(=O)c4ccc(C)cc4)C4=CC(=O)CCC4C3CCC21C. The molecule has 5 unspecified atom stereocenters. The van der Waals surface area contributed by atoms with Gasteiger partial charge in [0.25, 0.3) is 10.1 Å². The topological polar surface area (TPSA) is 60.4 Å². The quantitative estimate of drug-likeness (QED) is 0.327. The lowest BCUT2D eigenvalue weighted by atomic mass is 9.49. The summed E-state index contributed by atoms with van der Waals surface area (Å²) in [6.07, 6.45) is 15.2. The van der Waals surface area contributed by atoms with Crippen molar-refractivity contribution in [3.63, 3.8) is 0 Å². The normalized spacial score (nSPS) is 37.0. The molecule has 0 heterocycles. The number of rotatable bonds is 6. The van der Waals surface area contributed by atoms with E-state index in [1.165, 1.54) is 31.3 Å². The molecule has 190 valence electrons. The molecule has 1 aromatic rings. The Hall–Kier alpha value is -1.72. The molecule has 4 aliphatic carbocycles. The maximum Gasteiger partial charge on any atom is 0.296 e. The molecule has 0 aromatic heterocycles. The van der Waals surface area contributed by atoms with Crippen LogP contribution in [0, 0.1) is 47.8 Å². The zero-order valence-corrected chi connectivity index (χ0v) is 22.2. The molecule has 4 aliphatic rings. The van der Waals surface area contributed by atoms with Crippen LogP contribution in [0.2, 0.25) is 0 Å². The third-order valence-corrected chi connectivity index (χ3v) is 11.2. The van der Waals surface area contributed by atoms with E-state index < -0.39 is 10.1 Å². The van der Waals surface area contributed by atoms with Crippen molar-refractivity contribution in [2.24, 2.45) is 40.9 Å². The van der Waals surface area contributed by atoms with Crippen molar-refractivity contribution in [3.05, 3.63) is 53.6 Å². The number of aryl methyl sites for hydroxylation is 1. The largest absolute Gasteiger partial charge is 0.296 e. The minimum absolute atomic E-state index is 0.00157. The first kappa shape index (κ1) is 25.0. The molecule has 0 spiro atoms. The smallest absolute Gasteiger partial charge is 0.295 e. The second-order valence-electron chi connectivity index (χ2n) is 11.7. The molecular weight excluding hydrogens is 456 g/mol. The predicted octanol–water partition coefficient (Wildman–Crippen LogP) is 6.65. The lowest BCUT2D eigenvalue weighted by molar-refractivity contribution is -0.116. The molecule has 0 saturated heterocycles. The van der Waals surface area contributed by atoms with E-state index in [1.54, 1.807) is 24.3 Å². The molecule has 1 aromatic carbocycles. The molecule has 0 bridgehead atoms. The van der Waals surface area contributed by atoms with Crippen molar-refractivity contribution in [2.75, 3.05) is 6.61 Å². The Labute approximate surface area is 211 Å². The first-order valence-corrected chi connectivity index (χ1v) is 15.0. The fourth-order valence-corrected chi connectivity index (χ4v) is 9.05. The molecule has 0 N–H and O–H groups in total. The first-order chi connectivity index (χ1) is 16.7. The zero-order chi connectivity index (χ0) is 24.8. The highest BCUT2D eigenvalue weighted by atomic mass is 32.2. The van der Waals surface area contributed by atoms with Gasteiger partial charge in [-0.2, -0.15) is 8.42 Å². The van der Waals surface area contributed by atoms with Crippen LogP contribution in [-0.4, -0.2) is 20.8 Å². The van der Waals surface area contributed by atoms with Gasteiger partial charge in [0.2, 0.25) is 0 Å². The Bertz CT molecular complexity index is 1120.